The van der Waals surface area contributed by atoms with Crippen molar-refractivity contribution in [3.8, 4) is 0 Å². The summed E-state index contributed by atoms with van der Waals surface area (Å²) >= 11 is 0. The molecular weight excluding hydrogens is 360 g/mol. The number of nitrogens with one attached hydrogen (secondary N) is 1. The fourth-order valence-electron chi connectivity index (χ4n) is 3.03. The fourth-order valence-corrected chi connectivity index (χ4v) is 3.03. The van der Waals surface area contributed by atoms with E-state index in [9.17, 15) is 9.59 Å². The van der Waals surface area contributed by atoms with Crippen molar-refractivity contribution < 1.29 is 19.4 Å². The van der Waals surface area contributed by atoms with Gasteiger partial charge in [-0.2, -0.15) is 0 Å². The molecule has 1 aliphatic rings. The van der Waals surface area contributed by atoms with E-state index >= 15 is 0 Å². The maximum absolute atomic E-state index is 11.6. The summed E-state index contributed by atoms with van der Waals surface area (Å²) in [6, 6.07) is 0. The van der Waals surface area contributed by atoms with Crippen molar-refractivity contribution in [3.05, 3.63) is 12.2 Å². The molecule has 1 rings (SSSR count). The maximum atomic E-state index is 11.6. The summed E-state index contributed by atoms with van der Waals surface area (Å²) in [5, 5.41) is 11.4. The Bertz CT molecular complexity index is 497. The molecular formula is C20H38N4O4. The van der Waals surface area contributed by atoms with Crippen LogP contribution in [0.25, 0.3) is 0 Å². The first-order valence-electron chi connectivity index (χ1n) is 10.2. The van der Waals surface area contributed by atoms with Gasteiger partial charge in [-0.1, -0.05) is 6.08 Å². The van der Waals surface area contributed by atoms with Crippen LogP contribution >= 0.6 is 0 Å². The van der Waals surface area contributed by atoms with Crippen LogP contribution in [-0.2, 0) is 9.53 Å². The van der Waals surface area contributed by atoms with Crippen LogP contribution in [0.4, 0.5) is 4.79 Å². The average Bonchev–Trinajstić information content (AvgIpc) is 2.58. The number of carboxylic acid groups (broad SMARTS) is 1. The molecule has 1 aliphatic heterocycles. The molecule has 162 valence electrons. The lowest BCUT2D eigenvalue weighted by atomic mass is 10.2. The molecule has 0 saturated carbocycles. The zero-order chi connectivity index (χ0) is 21.0. The molecule has 1 fully saturated rings. The van der Waals surface area contributed by atoms with Gasteiger partial charge in [0.25, 0.3) is 0 Å². The maximum Gasteiger partial charge on any atom is 0.407 e. The van der Waals surface area contributed by atoms with Gasteiger partial charge in [0.1, 0.15) is 5.60 Å². The van der Waals surface area contributed by atoms with E-state index in [1.165, 1.54) is 6.08 Å². The van der Waals surface area contributed by atoms with E-state index in [4.69, 9.17) is 9.84 Å². The molecule has 1 saturated heterocycles. The van der Waals surface area contributed by atoms with Gasteiger partial charge in [0.05, 0.1) is 0 Å². The van der Waals surface area contributed by atoms with E-state index in [-0.39, 0.29) is 6.09 Å². The van der Waals surface area contributed by atoms with Crippen LogP contribution < -0.4 is 5.32 Å². The zero-order valence-corrected chi connectivity index (χ0v) is 17.9. The number of rotatable bonds is 11. The zero-order valence-electron chi connectivity index (χ0n) is 17.9. The normalized spacial score (nSPS) is 16.6. The van der Waals surface area contributed by atoms with Crippen LogP contribution in [0.1, 0.15) is 33.6 Å². The van der Waals surface area contributed by atoms with E-state index in [1.54, 1.807) is 6.08 Å². The molecule has 1 amide bonds. The molecule has 0 aliphatic carbocycles. The first-order chi connectivity index (χ1) is 13.2. The minimum absolute atomic E-state index is 0.347. The van der Waals surface area contributed by atoms with Crippen LogP contribution in [0.2, 0.25) is 0 Å². The quantitative estimate of drug-likeness (QED) is 0.403. The number of ether oxygens (including phenoxy) is 1. The van der Waals surface area contributed by atoms with Crippen LogP contribution in [0.5, 0.6) is 0 Å². The van der Waals surface area contributed by atoms with E-state index < -0.39 is 11.6 Å². The number of hydrogen-bond donors (Lipinski definition) is 2. The lowest BCUT2D eigenvalue weighted by Crippen LogP contribution is -2.47. The number of carbonyl (C=O) groups excluding carboxylic acids is 1. The Balaban J connectivity index is 2.04. The summed E-state index contributed by atoms with van der Waals surface area (Å²) in [6.07, 6.45) is 4.53. The molecule has 0 unspecified atom stereocenters. The van der Waals surface area contributed by atoms with Gasteiger partial charge >= 0.3 is 12.1 Å². The number of likely N-dealkylation sites (N-methyl/N-ethyl adjacent to an activating group) is 1. The highest BCUT2D eigenvalue weighted by Crippen LogP contribution is 2.07. The van der Waals surface area contributed by atoms with E-state index in [0.717, 1.165) is 58.7 Å². The number of alkyl carbamates (subject to hydrolysis) is 1. The van der Waals surface area contributed by atoms with Gasteiger partial charge in [0.15, 0.2) is 0 Å². The first-order valence-corrected chi connectivity index (χ1v) is 10.2. The van der Waals surface area contributed by atoms with Gasteiger partial charge in [-0.15, -0.1) is 0 Å². The van der Waals surface area contributed by atoms with Gasteiger partial charge in [-0.25, -0.2) is 9.59 Å². The third kappa shape index (κ3) is 12.7. The number of carbonyl (C=O) groups is 2. The fraction of sp³-hybridized carbons (Fsp3) is 0.800. The van der Waals surface area contributed by atoms with Gasteiger partial charge < -0.3 is 29.9 Å². The minimum Gasteiger partial charge on any atom is -0.478 e. The Morgan fingerprint density at radius 3 is 2.21 bits per heavy atom. The first kappa shape index (κ1) is 24.4. The van der Waals surface area contributed by atoms with E-state index in [2.05, 4.69) is 20.0 Å². The average molecular weight is 399 g/mol. The van der Waals surface area contributed by atoms with Gasteiger partial charge in [0.2, 0.25) is 0 Å². The second-order valence-electron chi connectivity index (χ2n) is 8.32. The summed E-state index contributed by atoms with van der Waals surface area (Å²) in [7, 11) is 2.01. The van der Waals surface area contributed by atoms with Crippen molar-refractivity contribution in [2.24, 2.45) is 0 Å². The van der Waals surface area contributed by atoms with E-state index in [0.29, 0.717) is 13.1 Å². The molecule has 0 atom stereocenters. The highest BCUT2D eigenvalue weighted by atomic mass is 16.6. The predicted molar refractivity (Wildman–Crippen MR) is 111 cm³/mol. The number of amides is 1. The highest BCUT2D eigenvalue weighted by molar-refractivity contribution is 5.79. The van der Waals surface area contributed by atoms with Crippen molar-refractivity contribution in [2.75, 3.05) is 66.0 Å². The molecule has 28 heavy (non-hydrogen) atoms. The lowest BCUT2D eigenvalue weighted by Gasteiger charge is -2.35. The molecule has 1 heterocycles. The minimum atomic E-state index is -0.896. The smallest absolute Gasteiger partial charge is 0.407 e. The monoisotopic (exact) mass is 398 g/mol. The van der Waals surface area contributed by atoms with Crippen molar-refractivity contribution in [2.45, 2.75) is 39.2 Å². The topological polar surface area (TPSA) is 85.4 Å². The van der Waals surface area contributed by atoms with Gasteiger partial charge in [-0.3, -0.25) is 0 Å². The number of aliphatic carboxylic acids is 1. The molecule has 2 N–H and O–H groups in total. The number of carboxylic acids is 1. The standard InChI is InChI=1S/C20H38N4O4/c1-20(2,3)28-19(27)21-9-6-12-23-14-16-24(17-15-23)13-7-11-22(4)10-5-8-18(25)26/h5,8H,6-7,9-17H2,1-4H3,(H,21,27)(H,25,26)/b8-5+. The second-order valence-corrected chi connectivity index (χ2v) is 8.32. The van der Waals surface area contributed by atoms with Crippen LogP contribution in [0.15, 0.2) is 12.2 Å². The predicted octanol–water partition coefficient (Wildman–Crippen LogP) is 1.48. The van der Waals surface area contributed by atoms with E-state index in [1.807, 2.05) is 27.8 Å². The number of piperazine rings is 1. The summed E-state index contributed by atoms with van der Waals surface area (Å²) in [6.45, 7) is 14.2. The summed E-state index contributed by atoms with van der Waals surface area (Å²) in [5.74, 6) is -0.896. The Morgan fingerprint density at radius 1 is 1.11 bits per heavy atom. The van der Waals surface area contributed by atoms with Crippen molar-refractivity contribution in [1.29, 1.82) is 0 Å². The molecule has 8 heteroatoms. The Labute approximate surface area is 169 Å². The molecule has 0 aromatic rings. The largest absolute Gasteiger partial charge is 0.478 e. The van der Waals surface area contributed by atoms with Crippen LogP contribution in [0, 0.1) is 0 Å². The molecule has 0 aromatic carbocycles. The molecule has 0 radical (unpaired) electrons. The third-order valence-electron chi connectivity index (χ3n) is 4.48. The summed E-state index contributed by atoms with van der Waals surface area (Å²) in [4.78, 5) is 29.1. The van der Waals surface area contributed by atoms with Gasteiger partial charge in [-0.05, 0) is 60.3 Å². The Morgan fingerprint density at radius 2 is 1.68 bits per heavy atom. The Hall–Kier alpha value is -1.64. The van der Waals surface area contributed by atoms with Gasteiger partial charge in [0, 0.05) is 45.3 Å². The highest BCUT2D eigenvalue weighted by Gasteiger charge is 2.17. The lowest BCUT2D eigenvalue weighted by molar-refractivity contribution is -0.131. The van der Waals surface area contributed by atoms with Crippen molar-refractivity contribution in [1.82, 2.24) is 20.0 Å². The number of hydrogen-bond acceptors (Lipinski definition) is 6. The second kappa shape index (κ2) is 12.7. The van der Waals surface area contributed by atoms with Crippen LogP contribution in [-0.4, -0.2) is 103 Å². The summed E-state index contributed by atoms with van der Waals surface area (Å²) in [5.41, 5.74) is -0.454. The molecule has 0 bridgehead atoms. The van der Waals surface area contributed by atoms with Crippen LogP contribution in [0.3, 0.4) is 0 Å². The third-order valence-corrected chi connectivity index (χ3v) is 4.48. The van der Waals surface area contributed by atoms with Crippen molar-refractivity contribution in [3.63, 3.8) is 0 Å². The molecule has 0 aromatic heterocycles. The SMILES string of the molecule is CN(C/C=C/C(=O)O)CCCN1CCN(CCCNC(=O)OC(C)(C)C)CC1. The number of nitrogens with zero attached hydrogens (tertiary/aromatic N) is 3. The Kier molecular flexibility index (Phi) is 11.1. The summed E-state index contributed by atoms with van der Waals surface area (Å²) < 4.78 is 5.23. The molecule has 8 nitrogen and oxygen atoms in total. The molecule has 0 spiro atoms. The van der Waals surface area contributed by atoms with Crippen molar-refractivity contribution >= 4 is 12.1 Å².